The summed E-state index contributed by atoms with van der Waals surface area (Å²) in [7, 11) is 0. The van der Waals surface area contributed by atoms with E-state index in [1.807, 2.05) is 71.6 Å². The Balaban J connectivity index is 1.48. The summed E-state index contributed by atoms with van der Waals surface area (Å²) in [6.07, 6.45) is 1.97. The Morgan fingerprint density at radius 3 is 1.97 bits per heavy atom. The van der Waals surface area contributed by atoms with Crippen LogP contribution in [0.15, 0.2) is 109 Å². The van der Waals surface area contributed by atoms with Gasteiger partial charge in [-0.25, -0.2) is 4.39 Å². The van der Waals surface area contributed by atoms with Crippen molar-refractivity contribution in [2.24, 2.45) is 0 Å². The van der Waals surface area contributed by atoms with Crippen molar-refractivity contribution in [1.82, 2.24) is 4.90 Å². The van der Waals surface area contributed by atoms with Gasteiger partial charge in [-0.1, -0.05) is 84.9 Å². The van der Waals surface area contributed by atoms with Gasteiger partial charge in [0, 0.05) is 24.6 Å². The fourth-order valence-electron chi connectivity index (χ4n) is 4.68. The molecule has 0 saturated heterocycles. The Bertz CT molecular complexity index is 1310. The van der Waals surface area contributed by atoms with Crippen LogP contribution in [0.2, 0.25) is 0 Å². The molecule has 0 N–H and O–H groups in total. The minimum Gasteiger partial charge on any atom is -0.546 e. The number of carboxylic acid groups (broad SMARTS) is 1. The van der Waals surface area contributed by atoms with Gasteiger partial charge in [-0.2, -0.15) is 0 Å². The second-order valence-electron chi connectivity index (χ2n) is 9.35. The number of hydrogen-bond donors (Lipinski definition) is 0. The molecule has 0 heterocycles. The van der Waals surface area contributed by atoms with E-state index in [0.717, 1.165) is 12.0 Å². The van der Waals surface area contributed by atoms with Crippen LogP contribution < -0.4 is 9.84 Å². The van der Waals surface area contributed by atoms with Gasteiger partial charge >= 0.3 is 0 Å². The van der Waals surface area contributed by atoms with Gasteiger partial charge in [0.2, 0.25) is 0 Å². The third-order valence-electron chi connectivity index (χ3n) is 6.63. The zero-order chi connectivity index (χ0) is 27.5. The highest BCUT2D eigenvalue weighted by molar-refractivity contribution is 5.94. The van der Waals surface area contributed by atoms with Crippen molar-refractivity contribution in [3.05, 3.63) is 137 Å². The largest absolute Gasteiger partial charge is 0.546 e. The first-order chi connectivity index (χ1) is 19.0. The summed E-state index contributed by atoms with van der Waals surface area (Å²) >= 11 is 0. The molecule has 4 aromatic rings. The Labute approximate surface area is 228 Å². The van der Waals surface area contributed by atoms with Crippen LogP contribution >= 0.6 is 0 Å². The smallest absolute Gasteiger partial charge is 0.253 e. The first kappa shape index (κ1) is 27.6. The number of nitrogens with zero attached hydrogens (tertiary/aromatic N) is 1. The molecule has 0 aliphatic heterocycles. The molecule has 0 fully saturated rings. The molecule has 6 heteroatoms. The molecule has 0 aliphatic carbocycles. The van der Waals surface area contributed by atoms with Crippen LogP contribution in [0, 0.1) is 5.82 Å². The van der Waals surface area contributed by atoms with Gasteiger partial charge in [0.1, 0.15) is 6.61 Å². The normalized spacial score (nSPS) is 10.8. The summed E-state index contributed by atoms with van der Waals surface area (Å²) in [6, 6.07) is 34.3. The SMILES string of the molecule is O=C([O-])COc1cc(CCCN(CCC(c2ccccc2)c2ccccc2)C(=O)c2ccccc2)ccc1F. The second-order valence-corrected chi connectivity index (χ2v) is 9.35. The van der Waals surface area contributed by atoms with Crippen molar-refractivity contribution in [3.63, 3.8) is 0 Å². The van der Waals surface area contributed by atoms with E-state index in [-0.39, 0.29) is 17.6 Å². The lowest BCUT2D eigenvalue weighted by molar-refractivity contribution is -0.307. The van der Waals surface area contributed by atoms with E-state index in [2.05, 4.69) is 24.3 Å². The summed E-state index contributed by atoms with van der Waals surface area (Å²) in [6.45, 7) is 0.353. The van der Waals surface area contributed by atoms with Crippen LogP contribution in [-0.4, -0.2) is 36.5 Å². The van der Waals surface area contributed by atoms with Crippen LogP contribution in [-0.2, 0) is 11.2 Å². The highest BCUT2D eigenvalue weighted by atomic mass is 19.1. The molecule has 0 saturated carbocycles. The minimum absolute atomic E-state index is 0.0347. The van der Waals surface area contributed by atoms with Crippen molar-refractivity contribution >= 4 is 11.9 Å². The quantitative estimate of drug-likeness (QED) is 0.240. The van der Waals surface area contributed by atoms with Crippen molar-refractivity contribution in [3.8, 4) is 5.75 Å². The zero-order valence-electron chi connectivity index (χ0n) is 21.7. The van der Waals surface area contributed by atoms with Gasteiger partial charge in [-0.05, 0) is 60.2 Å². The van der Waals surface area contributed by atoms with Crippen molar-refractivity contribution in [2.45, 2.75) is 25.2 Å². The van der Waals surface area contributed by atoms with Crippen LogP contribution in [0.5, 0.6) is 5.75 Å². The Kier molecular flexibility index (Phi) is 9.84. The molecule has 39 heavy (non-hydrogen) atoms. The van der Waals surface area contributed by atoms with E-state index in [1.165, 1.54) is 23.3 Å². The number of hydrogen-bond acceptors (Lipinski definition) is 4. The number of carbonyl (C=O) groups excluding carboxylic acids is 2. The second kappa shape index (κ2) is 13.9. The lowest BCUT2D eigenvalue weighted by atomic mass is 9.88. The maximum atomic E-state index is 14.0. The first-order valence-electron chi connectivity index (χ1n) is 13.1. The summed E-state index contributed by atoms with van der Waals surface area (Å²) < 4.78 is 19.0. The van der Waals surface area contributed by atoms with Crippen molar-refractivity contribution < 1.29 is 23.8 Å². The maximum absolute atomic E-state index is 14.0. The summed E-state index contributed by atoms with van der Waals surface area (Å²) in [5, 5.41) is 10.7. The topological polar surface area (TPSA) is 69.7 Å². The zero-order valence-corrected chi connectivity index (χ0v) is 21.7. The van der Waals surface area contributed by atoms with Crippen LogP contribution in [0.25, 0.3) is 0 Å². The third-order valence-corrected chi connectivity index (χ3v) is 6.63. The van der Waals surface area contributed by atoms with Crippen LogP contribution in [0.1, 0.15) is 45.8 Å². The first-order valence-corrected chi connectivity index (χ1v) is 13.1. The molecule has 200 valence electrons. The van der Waals surface area contributed by atoms with Gasteiger partial charge in [-0.3, -0.25) is 4.79 Å². The number of carbonyl (C=O) groups is 2. The highest BCUT2D eigenvalue weighted by Gasteiger charge is 2.20. The number of rotatable bonds is 13. The molecule has 0 aliphatic rings. The number of ether oxygens (including phenoxy) is 1. The fraction of sp³-hybridized carbons (Fsp3) is 0.212. The average molecular weight is 525 g/mol. The number of carboxylic acids is 1. The van der Waals surface area contributed by atoms with E-state index >= 15 is 0 Å². The molecule has 0 radical (unpaired) electrons. The predicted molar refractivity (Wildman–Crippen MR) is 147 cm³/mol. The average Bonchev–Trinajstić information content (AvgIpc) is 2.97. The van der Waals surface area contributed by atoms with Gasteiger partial charge < -0.3 is 19.5 Å². The van der Waals surface area contributed by atoms with Gasteiger partial charge in [0.05, 0.1) is 5.97 Å². The minimum atomic E-state index is -1.42. The van der Waals surface area contributed by atoms with Gasteiger partial charge in [-0.15, -0.1) is 0 Å². The molecule has 0 atom stereocenters. The third kappa shape index (κ3) is 8.01. The molecule has 0 unspecified atom stereocenters. The van der Waals surface area contributed by atoms with Crippen LogP contribution in [0.4, 0.5) is 4.39 Å². The summed E-state index contributed by atoms with van der Waals surface area (Å²) in [4.78, 5) is 26.1. The van der Waals surface area contributed by atoms with Gasteiger partial charge in [0.15, 0.2) is 11.6 Å². The molecular weight excluding hydrogens is 493 g/mol. The van der Waals surface area contributed by atoms with E-state index in [0.29, 0.717) is 31.5 Å². The molecule has 1 amide bonds. The number of halogens is 1. The number of aliphatic carboxylic acids is 1. The highest BCUT2D eigenvalue weighted by Crippen LogP contribution is 2.28. The molecule has 4 aromatic carbocycles. The number of benzene rings is 4. The predicted octanol–water partition coefficient (Wildman–Crippen LogP) is 5.25. The Morgan fingerprint density at radius 2 is 1.38 bits per heavy atom. The molecule has 0 aromatic heterocycles. The standard InChI is InChI=1S/C33H32FNO4/c34-30-19-18-25(23-31(30)39-24-32(36)37)11-10-21-35(33(38)28-16-8-3-9-17-28)22-20-29(26-12-4-1-5-13-26)27-14-6-2-7-15-27/h1-9,12-19,23,29H,10-11,20-22,24H2,(H,36,37)/p-1. The maximum Gasteiger partial charge on any atom is 0.253 e. The van der Waals surface area contributed by atoms with Gasteiger partial charge in [0.25, 0.3) is 5.91 Å². The van der Waals surface area contributed by atoms with E-state index in [1.54, 1.807) is 6.07 Å². The summed E-state index contributed by atoms with van der Waals surface area (Å²) in [5.74, 6) is -2.07. The van der Waals surface area contributed by atoms with Crippen molar-refractivity contribution in [1.29, 1.82) is 0 Å². The molecular formula is C33H31FNO4-. The number of aryl methyl sites for hydroxylation is 1. The van der Waals surface area contributed by atoms with E-state index in [4.69, 9.17) is 4.74 Å². The van der Waals surface area contributed by atoms with Crippen molar-refractivity contribution in [2.75, 3.05) is 19.7 Å². The number of amides is 1. The van der Waals surface area contributed by atoms with E-state index in [9.17, 15) is 19.1 Å². The van der Waals surface area contributed by atoms with E-state index < -0.39 is 18.4 Å². The fourth-order valence-corrected chi connectivity index (χ4v) is 4.68. The summed E-state index contributed by atoms with van der Waals surface area (Å²) in [5.41, 5.74) is 3.83. The molecule has 0 bridgehead atoms. The van der Waals surface area contributed by atoms with Crippen LogP contribution in [0.3, 0.4) is 0 Å². The Morgan fingerprint density at radius 1 is 0.795 bits per heavy atom. The monoisotopic (exact) mass is 524 g/mol. The molecule has 0 spiro atoms. The Hall–Kier alpha value is -4.45. The molecule has 4 rings (SSSR count). The molecule has 5 nitrogen and oxygen atoms in total. The lowest BCUT2D eigenvalue weighted by Gasteiger charge is -2.26. The lowest BCUT2D eigenvalue weighted by Crippen LogP contribution is -2.34.